The molecule has 0 radical (unpaired) electrons. The van der Waals surface area contributed by atoms with E-state index in [1.165, 1.54) is 23.3 Å². The van der Waals surface area contributed by atoms with Gasteiger partial charge in [0.05, 0.1) is 16.7 Å². The van der Waals surface area contributed by atoms with Gasteiger partial charge < -0.3 is 4.98 Å². The lowest BCUT2D eigenvalue weighted by Gasteiger charge is -2.05. The van der Waals surface area contributed by atoms with Crippen molar-refractivity contribution in [2.75, 3.05) is 0 Å². The first kappa shape index (κ1) is 13.1. The molecular formula is C15H14FN3S. The van der Waals surface area contributed by atoms with Gasteiger partial charge in [-0.05, 0) is 49.2 Å². The normalized spacial score (nSPS) is 11.2. The molecule has 2 aromatic heterocycles. The maximum Gasteiger partial charge on any atom is 0.166 e. The number of nitrogens with zero attached hydrogens (tertiary/aromatic N) is 2. The lowest BCUT2D eigenvalue weighted by molar-refractivity contribution is 0.629. The summed E-state index contributed by atoms with van der Waals surface area (Å²) >= 11 is 1.58. The zero-order chi connectivity index (χ0) is 14.1. The Morgan fingerprint density at radius 1 is 1.25 bits per heavy atom. The van der Waals surface area contributed by atoms with Crippen LogP contribution in [0.1, 0.15) is 16.8 Å². The molecule has 0 bridgehead atoms. The zero-order valence-electron chi connectivity index (χ0n) is 11.3. The molecule has 0 aliphatic rings. The summed E-state index contributed by atoms with van der Waals surface area (Å²) in [6, 6.07) is 6.57. The first-order valence-corrected chi connectivity index (χ1v) is 7.31. The molecule has 0 saturated heterocycles. The van der Waals surface area contributed by atoms with Crippen molar-refractivity contribution in [3.05, 3.63) is 53.1 Å². The molecule has 1 aromatic carbocycles. The number of aromatic nitrogens is 3. The van der Waals surface area contributed by atoms with Crippen LogP contribution in [0.5, 0.6) is 0 Å². The molecule has 3 aromatic rings. The Morgan fingerprint density at radius 2 is 2.10 bits per heavy atom. The highest BCUT2D eigenvalue weighted by Crippen LogP contribution is 2.24. The van der Waals surface area contributed by atoms with E-state index in [1.54, 1.807) is 17.8 Å². The van der Waals surface area contributed by atoms with E-state index in [4.69, 9.17) is 0 Å². The van der Waals surface area contributed by atoms with Crippen LogP contribution in [-0.4, -0.2) is 15.0 Å². The lowest BCUT2D eigenvalue weighted by atomic mass is 10.1. The van der Waals surface area contributed by atoms with Gasteiger partial charge in [0.1, 0.15) is 5.82 Å². The number of hydrogen-bond donors (Lipinski definition) is 1. The van der Waals surface area contributed by atoms with Crippen molar-refractivity contribution in [2.24, 2.45) is 0 Å². The molecule has 0 aliphatic heterocycles. The average Bonchev–Trinajstić information content (AvgIpc) is 2.82. The number of H-pyrrole nitrogens is 1. The Hall–Kier alpha value is -1.88. The number of aromatic amines is 1. The highest BCUT2D eigenvalue weighted by molar-refractivity contribution is 7.98. The van der Waals surface area contributed by atoms with Crippen LogP contribution in [0.2, 0.25) is 0 Å². The van der Waals surface area contributed by atoms with Crippen LogP contribution in [0, 0.1) is 19.7 Å². The van der Waals surface area contributed by atoms with Gasteiger partial charge in [-0.3, -0.25) is 4.98 Å². The number of halogens is 1. The van der Waals surface area contributed by atoms with E-state index in [0.717, 1.165) is 27.6 Å². The Labute approximate surface area is 120 Å². The van der Waals surface area contributed by atoms with Crippen LogP contribution >= 0.6 is 11.8 Å². The lowest BCUT2D eigenvalue weighted by Crippen LogP contribution is -1.94. The molecular weight excluding hydrogens is 273 g/mol. The van der Waals surface area contributed by atoms with Crippen LogP contribution in [-0.2, 0) is 5.75 Å². The maximum atomic E-state index is 13.1. The van der Waals surface area contributed by atoms with Crippen molar-refractivity contribution in [1.29, 1.82) is 0 Å². The molecule has 3 nitrogen and oxygen atoms in total. The van der Waals surface area contributed by atoms with E-state index in [0.29, 0.717) is 0 Å². The van der Waals surface area contributed by atoms with Crippen molar-refractivity contribution >= 4 is 22.8 Å². The molecule has 0 aliphatic carbocycles. The second-order valence-electron chi connectivity index (χ2n) is 4.69. The van der Waals surface area contributed by atoms with E-state index in [2.05, 4.69) is 28.8 Å². The minimum absolute atomic E-state index is 0.256. The molecule has 0 saturated carbocycles. The predicted molar refractivity (Wildman–Crippen MR) is 79.3 cm³/mol. The molecule has 0 fully saturated rings. The molecule has 0 amide bonds. The van der Waals surface area contributed by atoms with Crippen molar-refractivity contribution in [2.45, 2.75) is 24.8 Å². The molecule has 0 atom stereocenters. The first-order valence-electron chi connectivity index (χ1n) is 6.32. The average molecular weight is 287 g/mol. The standard InChI is InChI=1S/C15H14FN3S/c1-9-5-6-17-14(10(9)2)8-20-15-18-12-4-3-11(16)7-13(12)19-15/h3-7H,8H2,1-2H3,(H,18,19). The van der Waals surface area contributed by atoms with Gasteiger partial charge in [0.2, 0.25) is 0 Å². The summed E-state index contributed by atoms with van der Waals surface area (Å²) in [7, 11) is 0. The van der Waals surface area contributed by atoms with Gasteiger partial charge >= 0.3 is 0 Å². The second-order valence-corrected chi connectivity index (χ2v) is 5.66. The van der Waals surface area contributed by atoms with Crippen molar-refractivity contribution in [3.8, 4) is 0 Å². The summed E-state index contributed by atoms with van der Waals surface area (Å²) in [5.41, 5.74) is 5.01. The molecule has 5 heteroatoms. The summed E-state index contributed by atoms with van der Waals surface area (Å²) in [6.07, 6.45) is 1.83. The van der Waals surface area contributed by atoms with E-state index in [9.17, 15) is 4.39 Å². The van der Waals surface area contributed by atoms with Crippen molar-refractivity contribution < 1.29 is 4.39 Å². The molecule has 0 unspecified atom stereocenters. The van der Waals surface area contributed by atoms with Gasteiger partial charge in [0.15, 0.2) is 5.16 Å². The van der Waals surface area contributed by atoms with Gasteiger partial charge in [-0.25, -0.2) is 9.37 Å². The number of hydrogen-bond acceptors (Lipinski definition) is 3. The Bertz CT molecular complexity index is 767. The predicted octanol–water partition coefficient (Wildman–Crippen LogP) is 4.01. The number of pyridine rings is 1. The molecule has 2 heterocycles. The maximum absolute atomic E-state index is 13.1. The number of fused-ring (bicyclic) bond motifs is 1. The molecule has 1 N–H and O–H groups in total. The Morgan fingerprint density at radius 3 is 2.95 bits per heavy atom. The van der Waals surface area contributed by atoms with Crippen molar-refractivity contribution in [3.63, 3.8) is 0 Å². The largest absolute Gasteiger partial charge is 0.333 e. The smallest absolute Gasteiger partial charge is 0.166 e. The minimum atomic E-state index is -0.256. The van der Waals surface area contributed by atoms with Crippen LogP contribution in [0.3, 0.4) is 0 Å². The summed E-state index contributed by atoms with van der Waals surface area (Å²) in [5.74, 6) is 0.490. The fourth-order valence-electron chi connectivity index (χ4n) is 2.00. The Kier molecular flexibility index (Phi) is 3.44. The monoisotopic (exact) mass is 287 g/mol. The van der Waals surface area contributed by atoms with Gasteiger partial charge in [-0.15, -0.1) is 0 Å². The van der Waals surface area contributed by atoms with Gasteiger partial charge in [0.25, 0.3) is 0 Å². The van der Waals surface area contributed by atoms with E-state index in [1.807, 2.05) is 12.3 Å². The Balaban J connectivity index is 1.81. The fraction of sp³-hybridized carbons (Fsp3) is 0.200. The molecule has 102 valence electrons. The highest BCUT2D eigenvalue weighted by atomic mass is 32.2. The number of thioether (sulfide) groups is 1. The number of imidazole rings is 1. The molecule has 0 spiro atoms. The molecule has 20 heavy (non-hydrogen) atoms. The molecule has 3 rings (SSSR count). The topological polar surface area (TPSA) is 41.6 Å². The fourth-order valence-corrected chi connectivity index (χ4v) is 2.91. The third-order valence-electron chi connectivity index (χ3n) is 3.35. The number of benzene rings is 1. The summed E-state index contributed by atoms with van der Waals surface area (Å²) in [5, 5.41) is 0.785. The summed E-state index contributed by atoms with van der Waals surface area (Å²) in [6.45, 7) is 4.15. The van der Waals surface area contributed by atoms with Crippen molar-refractivity contribution in [1.82, 2.24) is 15.0 Å². The number of rotatable bonds is 3. The summed E-state index contributed by atoms with van der Waals surface area (Å²) in [4.78, 5) is 12.0. The third kappa shape index (κ3) is 2.54. The van der Waals surface area contributed by atoms with E-state index < -0.39 is 0 Å². The van der Waals surface area contributed by atoms with Crippen LogP contribution in [0.25, 0.3) is 11.0 Å². The van der Waals surface area contributed by atoms with E-state index in [-0.39, 0.29) is 5.82 Å². The second kappa shape index (κ2) is 5.25. The highest BCUT2D eigenvalue weighted by Gasteiger charge is 2.07. The van der Waals surface area contributed by atoms with Crippen LogP contribution in [0.15, 0.2) is 35.6 Å². The quantitative estimate of drug-likeness (QED) is 0.740. The zero-order valence-corrected chi connectivity index (χ0v) is 12.1. The summed E-state index contributed by atoms with van der Waals surface area (Å²) < 4.78 is 13.1. The van der Waals surface area contributed by atoms with Crippen LogP contribution < -0.4 is 0 Å². The van der Waals surface area contributed by atoms with Gasteiger partial charge in [-0.1, -0.05) is 11.8 Å². The number of nitrogens with one attached hydrogen (secondary N) is 1. The first-order chi connectivity index (χ1) is 9.63. The third-order valence-corrected chi connectivity index (χ3v) is 4.23. The number of aryl methyl sites for hydroxylation is 1. The van der Waals surface area contributed by atoms with Crippen LogP contribution in [0.4, 0.5) is 4.39 Å². The SMILES string of the molecule is Cc1ccnc(CSc2nc3ccc(F)cc3[nH]2)c1C. The minimum Gasteiger partial charge on any atom is -0.333 e. The van der Waals surface area contributed by atoms with E-state index >= 15 is 0 Å². The van der Waals surface area contributed by atoms with Gasteiger partial charge in [-0.2, -0.15) is 0 Å². The van der Waals surface area contributed by atoms with Gasteiger partial charge in [0, 0.05) is 11.9 Å².